The van der Waals surface area contributed by atoms with Crippen LogP contribution in [0.4, 0.5) is 5.82 Å². The Hall–Kier alpha value is -3.31. The van der Waals surface area contributed by atoms with E-state index < -0.39 is 5.60 Å². The Kier molecular flexibility index (Phi) is 6.05. The van der Waals surface area contributed by atoms with Crippen LogP contribution >= 0.6 is 11.3 Å². The molecule has 7 heteroatoms. The highest BCUT2D eigenvalue weighted by Crippen LogP contribution is 2.33. The van der Waals surface area contributed by atoms with Gasteiger partial charge in [0.05, 0.1) is 10.3 Å². The van der Waals surface area contributed by atoms with Crippen molar-refractivity contribution in [1.82, 2.24) is 15.0 Å². The Morgan fingerprint density at radius 1 is 1.12 bits per heavy atom. The Morgan fingerprint density at radius 2 is 1.91 bits per heavy atom. The summed E-state index contributed by atoms with van der Waals surface area (Å²) in [6, 6.07) is 14.0. The zero-order valence-corrected chi connectivity index (χ0v) is 19.0. The maximum absolute atomic E-state index is 10.4. The van der Waals surface area contributed by atoms with Gasteiger partial charge in [-0.3, -0.25) is 4.98 Å². The molecule has 3 aromatic heterocycles. The quantitative estimate of drug-likeness (QED) is 0.380. The van der Waals surface area contributed by atoms with Crippen LogP contribution in [0.1, 0.15) is 30.4 Å². The summed E-state index contributed by atoms with van der Waals surface area (Å²) in [5, 5.41) is 15.8. The molecule has 0 bridgehead atoms. The summed E-state index contributed by atoms with van der Waals surface area (Å²) in [6.45, 7) is 0.579. The number of nitrogens with zero attached hydrogens (tertiary/aromatic N) is 3. The fourth-order valence-corrected chi connectivity index (χ4v) is 4.70. The van der Waals surface area contributed by atoms with Crippen molar-refractivity contribution in [2.45, 2.75) is 37.3 Å². The molecule has 0 aliphatic heterocycles. The molecule has 1 saturated carbocycles. The number of pyridine rings is 1. The first-order valence-corrected chi connectivity index (χ1v) is 12.0. The lowest BCUT2D eigenvalue weighted by Gasteiger charge is -2.30. The Bertz CT molecular complexity index is 1310. The Morgan fingerprint density at radius 3 is 2.64 bits per heavy atom. The predicted molar refractivity (Wildman–Crippen MR) is 133 cm³/mol. The largest absolute Gasteiger partial charge is 0.378 e. The van der Waals surface area contributed by atoms with Crippen molar-refractivity contribution in [3.63, 3.8) is 0 Å². The SMILES string of the molecule is NC(CNc1nc(-c2ccncc2)nc2c(C#CC3(O)CCC3)csc12)Cc1ccccc1. The van der Waals surface area contributed by atoms with Crippen LogP contribution in [0.15, 0.2) is 60.2 Å². The third kappa shape index (κ3) is 4.88. The van der Waals surface area contributed by atoms with Gasteiger partial charge in [-0.2, -0.15) is 0 Å². The number of hydrogen-bond donors (Lipinski definition) is 3. The van der Waals surface area contributed by atoms with Gasteiger partial charge in [0.25, 0.3) is 0 Å². The lowest BCUT2D eigenvalue weighted by molar-refractivity contribution is 0.0240. The van der Waals surface area contributed by atoms with E-state index >= 15 is 0 Å². The lowest BCUT2D eigenvalue weighted by Crippen LogP contribution is -2.34. The number of benzene rings is 1. The molecule has 0 radical (unpaired) electrons. The molecule has 4 aromatic rings. The molecule has 1 atom stereocenters. The first-order chi connectivity index (χ1) is 16.1. The monoisotopic (exact) mass is 455 g/mol. The van der Waals surface area contributed by atoms with Crippen LogP contribution in [0.25, 0.3) is 21.6 Å². The van der Waals surface area contributed by atoms with E-state index in [1.54, 1.807) is 23.7 Å². The van der Waals surface area contributed by atoms with Gasteiger partial charge in [-0.05, 0) is 43.4 Å². The van der Waals surface area contributed by atoms with Gasteiger partial charge < -0.3 is 16.2 Å². The molecule has 0 amide bonds. The second kappa shape index (κ2) is 9.28. The number of thiophene rings is 1. The average molecular weight is 456 g/mol. The molecule has 1 aliphatic rings. The molecule has 0 saturated heterocycles. The maximum atomic E-state index is 10.4. The number of nitrogens with two attached hydrogens (primary N) is 1. The van der Waals surface area contributed by atoms with E-state index in [0.717, 1.165) is 52.8 Å². The van der Waals surface area contributed by atoms with Crippen LogP contribution in [0.5, 0.6) is 0 Å². The molecule has 33 heavy (non-hydrogen) atoms. The third-order valence-corrected chi connectivity index (χ3v) is 6.81. The summed E-state index contributed by atoms with van der Waals surface area (Å²) in [7, 11) is 0. The number of rotatable bonds is 6. The first kappa shape index (κ1) is 21.5. The van der Waals surface area contributed by atoms with Crippen LogP contribution in [-0.2, 0) is 6.42 Å². The van der Waals surface area contributed by atoms with Gasteiger partial charge in [-0.1, -0.05) is 42.2 Å². The summed E-state index contributed by atoms with van der Waals surface area (Å²) < 4.78 is 0.935. The number of anilines is 1. The number of aliphatic hydroxyl groups is 1. The summed E-state index contributed by atoms with van der Waals surface area (Å²) in [4.78, 5) is 13.7. The molecule has 1 aliphatic carbocycles. The summed E-state index contributed by atoms with van der Waals surface area (Å²) in [6.07, 6.45) is 6.70. The van der Waals surface area contributed by atoms with Crippen molar-refractivity contribution in [1.29, 1.82) is 0 Å². The van der Waals surface area contributed by atoms with Crippen molar-refractivity contribution in [2.75, 3.05) is 11.9 Å². The molecule has 5 rings (SSSR count). The minimum atomic E-state index is -0.861. The Balaban J connectivity index is 1.46. The lowest BCUT2D eigenvalue weighted by atomic mass is 9.81. The van der Waals surface area contributed by atoms with E-state index in [0.29, 0.717) is 12.4 Å². The van der Waals surface area contributed by atoms with E-state index in [1.165, 1.54) is 5.56 Å². The fraction of sp³-hybridized carbons (Fsp3) is 0.269. The molecule has 6 nitrogen and oxygen atoms in total. The highest BCUT2D eigenvalue weighted by Gasteiger charge is 2.32. The summed E-state index contributed by atoms with van der Waals surface area (Å²) in [5.41, 5.74) is 9.23. The van der Waals surface area contributed by atoms with E-state index in [-0.39, 0.29) is 6.04 Å². The van der Waals surface area contributed by atoms with Crippen LogP contribution in [0, 0.1) is 11.8 Å². The molecule has 0 spiro atoms. The summed E-state index contributed by atoms with van der Waals surface area (Å²) >= 11 is 1.55. The second-order valence-corrected chi connectivity index (χ2v) is 9.30. The van der Waals surface area contributed by atoms with E-state index in [2.05, 4.69) is 34.3 Å². The standard InChI is InChI=1S/C26H25N5OS/c27-21(15-18-5-2-1-3-6-18)16-29-25-23-22(30-24(31-25)19-8-13-28-14-9-19)20(17-33-23)7-12-26(32)10-4-11-26/h1-3,5-6,8-9,13-14,17,21,32H,4,10-11,15-16,27H2,(H,29,30,31). The van der Waals surface area contributed by atoms with Crippen molar-refractivity contribution in [2.24, 2.45) is 5.73 Å². The normalized spacial score (nSPS) is 15.3. The van der Waals surface area contributed by atoms with Gasteiger partial charge in [0.2, 0.25) is 0 Å². The van der Waals surface area contributed by atoms with Gasteiger partial charge in [-0.15, -0.1) is 11.3 Å². The van der Waals surface area contributed by atoms with Crippen LogP contribution in [-0.4, -0.2) is 38.2 Å². The van der Waals surface area contributed by atoms with Crippen LogP contribution in [0.3, 0.4) is 0 Å². The molecule has 1 fully saturated rings. The minimum absolute atomic E-state index is 0.0612. The molecule has 1 unspecified atom stereocenters. The van der Waals surface area contributed by atoms with E-state index in [9.17, 15) is 5.11 Å². The second-order valence-electron chi connectivity index (χ2n) is 8.42. The predicted octanol–water partition coefficient (Wildman–Crippen LogP) is 4.00. The van der Waals surface area contributed by atoms with Crippen molar-refractivity contribution < 1.29 is 5.11 Å². The molecule has 1 aromatic carbocycles. The van der Waals surface area contributed by atoms with Crippen LogP contribution < -0.4 is 11.1 Å². The van der Waals surface area contributed by atoms with Gasteiger partial charge in [0.1, 0.15) is 16.9 Å². The number of nitrogens with one attached hydrogen (secondary N) is 1. The van der Waals surface area contributed by atoms with Crippen molar-refractivity contribution >= 4 is 27.4 Å². The highest BCUT2D eigenvalue weighted by molar-refractivity contribution is 7.18. The van der Waals surface area contributed by atoms with Crippen molar-refractivity contribution in [3.8, 4) is 23.2 Å². The molecule has 166 valence electrons. The van der Waals surface area contributed by atoms with Crippen molar-refractivity contribution in [3.05, 3.63) is 71.4 Å². The number of aromatic nitrogens is 3. The zero-order valence-electron chi connectivity index (χ0n) is 18.2. The van der Waals surface area contributed by atoms with Crippen LogP contribution in [0.2, 0.25) is 0 Å². The van der Waals surface area contributed by atoms with Gasteiger partial charge in [0, 0.05) is 35.9 Å². The number of fused-ring (bicyclic) bond motifs is 1. The van der Waals surface area contributed by atoms with Gasteiger partial charge in [-0.25, -0.2) is 9.97 Å². The van der Waals surface area contributed by atoms with Gasteiger partial charge in [0.15, 0.2) is 5.82 Å². The highest BCUT2D eigenvalue weighted by atomic mass is 32.1. The summed E-state index contributed by atoms with van der Waals surface area (Å²) in [5.74, 6) is 7.57. The molecular formula is C26H25N5OS. The van der Waals surface area contributed by atoms with Gasteiger partial charge >= 0.3 is 0 Å². The fourth-order valence-electron chi connectivity index (χ4n) is 3.79. The smallest absolute Gasteiger partial charge is 0.162 e. The molecule has 4 N–H and O–H groups in total. The maximum Gasteiger partial charge on any atom is 0.162 e. The zero-order chi connectivity index (χ0) is 22.7. The van der Waals surface area contributed by atoms with E-state index in [1.807, 2.05) is 35.7 Å². The molecular weight excluding hydrogens is 430 g/mol. The first-order valence-electron chi connectivity index (χ1n) is 11.1. The van der Waals surface area contributed by atoms with E-state index in [4.69, 9.17) is 15.7 Å². The molecule has 3 heterocycles. The number of hydrogen-bond acceptors (Lipinski definition) is 7. The minimum Gasteiger partial charge on any atom is -0.378 e. The average Bonchev–Trinajstić information content (AvgIpc) is 3.24. The Labute approximate surface area is 196 Å². The topological polar surface area (TPSA) is 97.0 Å². The third-order valence-electron chi connectivity index (χ3n) is 5.84.